The Labute approximate surface area is 238 Å². The normalized spacial score (nSPS) is 24.2. The summed E-state index contributed by atoms with van der Waals surface area (Å²) in [6, 6.07) is 6.46. The van der Waals surface area contributed by atoms with E-state index in [1.54, 1.807) is 31.2 Å². The van der Waals surface area contributed by atoms with Gasteiger partial charge in [-0.25, -0.2) is 0 Å². The average Bonchev–Trinajstić information content (AvgIpc) is 2.98. The van der Waals surface area contributed by atoms with Crippen LogP contribution in [0.25, 0.3) is 0 Å². The Morgan fingerprint density at radius 1 is 0.780 bits per heavy atom. The first-order valence-corrected chi connectivity index (χ1v) is 13.5. The number of aliphatic hydroxyl groups is 6. The number of aromatic hydroxyl groups is 2. The van der Waals surface area contributed by atoms with E-state index in [-0.39, 0.29) is 60.4 Å². The minimum atomic E-state index is -1.37. The highest BCUT2D eigenvalue weighted by atomic mass is 16.7. The predicted molar refractivity (Wildman–Crippen MR) is 146 cm³/mol. The fourth-order valence-electron chi connectivity index (χ4n) is 5.24. The minimum Gasteiger partial charge on any atom is -0.507 e. The molecule has 1 saturated heterocycles. The van der Waals surface area contributed by atoms with E-state index < -0.39 is 55.6 Å². The van der Waals surface area contributed by atoms with Crippen LogP contribution in [-0.2, 0) is 35.5 Å². The lowest BCUT2D eigenvalue weighted by molar-refractivity contribution is -0.291. The average molecular weight is 583 g/mol. The van der Waals surface area contributed by atoms with E-state index in [9.17, 15) is 40.9 Å². The lowest BCUT2D eigenvalue weighted by Gasteiger charge is -2.41. The van der Waals surface area contributed by atoms with E-state index in [2.05, 4.69) is 0 Å². The minimum absolute atomic E-state index is 0.0461. The van der Waals surface area contributed by atoms with Gasteiger partial charge in [0.25, 0.3) is 0 Å². The fraction of sp³-hybridized carbons (Fsp3) is 0.586. The highest BCUT2D eigenvalue weighted by molar-refractivity contribution is 5.53. The van der Waals surface area contributed by atoms with Gasteiger partial charge in [-0.15, -0.1) is 0 Å². The molecule has 3 rings (SSSR count). The first-order chi connectivity index (χ1) is 19.6. The van der Waals surface area contributed by atoms with Crippen molar-refractivity contribution in [3.63, 3.8) is 0 Å². The van der Waals surface area contributed by atoms with Crippen molar-refractivity contribution in [2.75, 3.05) is 34.0 Å². The smallest absolute Gasteiger partial charge is 0.200 e. The number of rotatable bonds is 14. The van der Waals surface area contributed by atoms with E-state index in [1.165, 1.54) is 14.2 Å². The molecule has 2 aromatic rings. The maximum Gasteiger partial charge on any atom is 0.200 e. The van der Waals surface area contributed by atoms with Crippen molar-refractivity contribution in [2.24, 2.45) is 17.8 Å². The largest absolute Gasteiger partial charge is 0.507 e. The molecule has 230 valence electrons. The summed E-state index contributed by atoms with van der Waals surface area (Å²) in [6.45, 7) is 0.0498. The predicted octanol–water partition coefficient (Wildman–Crippen LogP) is 0.201. The van der Waals surface area contributed by atoms with Crippen LogP contribution in [0.1, 0.15) is 29.2 Å². The molecule has 41 heavy (non-hydrogen) atoms. The molecule has 0 radical (unpaired) electrons. The molecule has 1 aliphatic heterocycles. The first-order valence-electron chi connectivity index (χ1n) is 13.5. The van der Waals surface area contributed by atoms with Crippen LogP contribution < -0.4 is 9.47 Å². The third-order valence-corrected chi connectivity index (χ3v) is 7.82. The van der Waals surface area contributed by atoms with Gasteiger partial charge in [0.05, 0.1) is 52.9 Å². The molecule has 1 fully saturated rings. The number of benzene rings is 2. The van der Waals surface area contributed by atoms with Crippen LogP contribution in [0.15, 0.2) is 24.3 Å². The van der Waals surface area contributed by atoms with Crippen LogP contribution in [0, 0.1) is 17.8 Å². The Bertz CT molecular complexity index is 1070. The number of ether oxygens (including phenoxy) is 4. The maximum absolute atomic E-state index is 10.6. The molecule has 0 aromatic heterocycles. The van der Waals surface area contributed by atoms with Crippen LogP contribution >= 0.6 is 0 Å². The molecule has 12 nitrogen and oxygen atoms in total. The standard InChI is InChI=1S/C29H42O12/c1-15-24(13-33)41-29(28(37)25(15)34)40-14-21(7-17-8-22(38-2)27(36)23(9-17)39-3)18(10-30)4-16-5-19(11-31)26(35)20(6-16)12-32/h5-6,8-9,15,18,21,24-25,28-37H,4,7,10-14H2,1-3H3/t15-,18?,21?,24?,25+,28?,29-/m1/s1. The Morgan fingerprint density at radius 2 is 1.32 bits per heavy atom. The van der Waals surface area contributed by atoms with Gasteiger partial charge in [0, 0.05) is 23.7 Å². The summed E-state index contributed by atoms with van der Waals surface area (Å²) in [5.74, 6) is -1.43. The molecule has 12 heteroatoms. The summed E-state index contributed by atoms with van der Waals surface area (Å²) in [5.41, 5.74) is 1.81. The molecule has 0 amide bonds. The van der Waals surface area contributed by atoms with Gasteiger partial charge in [-0.3, -0.25) is 0 Å². The van der Waals surface area contributed by atoms with Gasteiger partial charge < -0.3 is 59.8 Å². The molecule has 2 aromatic carbocycles. The molecule has 1 heterocycles. The second-order valence-corrected chi connectivity index (χ2v) is 10.4. The number of methoxy groups -OCH3 is 2. The van der Waals surface area contributed by atoms with Gasteiger partial charge in [0.1, 0.15) is 11.9 Å². The summed E-state index contributed by atoms with van der Waals surface area (Å²) in [5, 5.41) is 81.2. The van der Waals surface area contributed by atoms with E-state index in [4.69, 9.17) is 18.9 Å². The van der Waals surface area contributed by atoms with Crippen molar-refractivity contribution in [1.29, 1.82) is 0 Å². The SMILES string of the molecule is COc1cc(CC(CO[C@@H]2OC(CO)[C@@H](C)[C@H](O)C2O)C(CO)Cc2cc(CO)c(O)c(CO)c2)cc(OC)c1O. The number of hydrogen-bond donors (Lipinski definition) is 8. The highest BCUT2D eigenvalue weighted by Gasteiger charge is 2.43. The van der Waals surface area contributed by atoms with Gasteiger partial charge in [0.2, 0.25) is 5.75 Å². The molecule has 0 bridgehead atoms. The van der Waals surface area contributed by atoms with Crippen molar-refractivity contribution >= 4 is 0 Å². The van der Waals surface area contributed by atoms with Crippen molar-refractivity contribution in [1.82, 2.24) is 0 Å². The monoisotopic (exact) mass is 582 g/mol. The summed E-state index contributed by atoms with van der Waals surface area (Å²) in [4.78, 5) is 0. The van der Waals surface area contributed by atoms with E-state index in [0.717, 1.165) is 0 Å². The van der Waals surface area contributed by atoms with E-state index in [0.29, 0.717) is 17.5 Å². The van der Waals surface area contributed by atoms with Crippen LogP contribution in [0.4, 0.5) is 0 Å². The Hall–Kier alpha value is -2.68. The molecule has 0 spiro atoms. The van der Waals surface area contributed by atoms with Crippen LogP contribution in [0.2, 0.25) is 0 Å². The van der Waals surface area contributed by atoms with Crippen molar-refractivity contribution in [3.05, 3.63) is 46.5 Å². The molecular formula is C29H42O12. The molecule has 0 aliphatic carbocycles. The Morgan fingerprint density at radius 3 is 1.80 bits per heavy atom. The van der Waals surface area contributed by atoms with Gasteiger partial charge in [-0.2, -0.15) is 0 Å². The lowest BCUT2D eigenvalue weighted by Crippen LogP contribution is -2.55. The molecule has 1 aliphatic rings. The molecule has 4 unspecified atom stereocenters. The van der Waals surface area contributed by atoms with Gasteiger partial charge in [-0.1, -0.05) is 6.92 Å². The quantitative estimate of drug-likeness (QED) is 0.151. The van der Waals surface area contributed by atoms with E-state index >= 15 is 0 Å². The highest BCUT2D eigenvalue weighted by Crippen LogP contribution is 2.39. The molecule has 0 saturated carbocycles. The zero-order chi connectivity index (χ0) is 30.3. The summed E-state index contributed by atoms with van der Waals surface area (Å²) >= 11 is 0. The maximum atomic E-state index is 10.6. The van der Waals surface area contributed by atoms with E-state index in [1.807, 2.05) is 0 Å². The first kappa shape index (κ1) is 32.8. The second-order valence-electron chi connectivity index (χ2n) is 10.4. The number of phenolic OH excluding ortho intramolecular Hbond substituents is 1. The van der Waals surface area contributed by atoms with Crippen LogP contribution in [-0.4, -0.2) is 99.5 Å². The Kier molecular flexibility index (Phi) is 12.0. The van der Waals surface area contributed by atoms with Gasteiger partial charge in [-0.05, 0) is 60.1 Å². The van der Waals surface area contributed by atoms with Gasteiger partial charge >= 0.3 is 0 Å². The van der Waals surface area contributed by atoms with Crippen LogP contribution in [0.3, 0.4) is 0 Å². The third kappa shape index (κ3) is 7.59. The third-order valence-electron chi connectivity index (χ3n) is 7.82. The summed E-state index contributed by atoms with van der Waals surface area (Å²) < 4.78 is 22.3. The molecule has 7 atom stereocenters. The number of hydrogen-bond acceptors (Lipinski definition) is 12. The van der Waals surface area contributed by atoms with Crippen molar-refractivity contribution in [2.45, 2.75) is 57.6 Å². The Balaban J connectivity index is 1.93. The molecular weight excluding hydrogens is 540 g/mol. The number of aliphatic hydroxyl groups excluding tert-OH is 6. The van der Waals surface area contributed by atoms with Gasteiger partial charge in [0.15, 0.2) is 17.8 Å². The topological polar surface area (TPSA) is 199 Å². The zero-order valence-corrected chi connectivity index (χ0v) is 23.5. The van der Waals surface area contributed by atoms with Crippen molar-refractivity contribution < 1.29 is 59.8 Å². The second kappa shape index (κ2) is 15.0. The zero-order valence-electron chi connectivity index (χ0n) is 23.5. The lowest BCUT2D eigenvalue weighted by atomic mass is 9.83. The molecule has 8 N–H and O–H groups in total. The number of phenols is 2. The summed E-state index contributed by atoms with van der Waals surface area (Å²) in [7, 11) is 2.81. The summed E-state index contributed by atoms with van der Waals surface area (Å²) in [6.07, 6.45) is -3.98. The van der Waals surface area contributed by atoms with Crippen LogP contribution in [0.5, 0.6) is 23.0 Å². The fourth-order valence-corrected chi connectivity index (χ4v) is 5.24. The van der Waals surface area contributed by atoms with Crippen molar-refractivity contribution in [3.8, 4) is 23.0 Å².